The van der Waals surface area contributed by atoms with Crippen LogP contribution in [0.2, 0.25) is 0 Å². The number of amides is 2. The van der Waals surface area contributed by atoms with Gasteiger partial charge in [0.25, 0.3) is 11.8 Å². The van der Waals surface area contributed by atoms with Gasteiger partial charge in [0.2, 0.25) is 5.60 Å². The zero-order valence-corrected chi connectivity index (χ0v) is 23.4. The van der Waals surface area contributed by atoms with Crippen LogP contribution in [0.25, 0.3) is 0 Å². The Morgan fingerprint density at radius 3 is 2.49 bits per heavy atom. The first-order chi connectivity index (χ1) is 18.5. The largest absolute Gasteiger partial charge is 0.473 e. The molecule has 218 valence electrons. The highest BCUT2D eigenvalue weighted by Crippen LogP contribution is 2.45. The molecule has 1 saturated carbocycles. The number of carbonyl (C=O) groups is 2. The van der Waals surface area contributed by atoms with Gasteiger partial charge in [-0.1, -0.05) is 39.0 Å². The highest BCUT2D eigenvalue weighted by atomic mass is 19.4. The van der Waals surface area contributed by atoms with Crippen molar-refractivity contribution in [1.29, 1.82) is 0 Å². The van der Waals surface area contributed by atoms with Gasteiger partial charge in [-0.3, -0.25) is 9.59 Å². The van der Waals surface area contributed by atoms with Crippen molar-refractivity contribution in [1.82, 2.24) is 4.90 Å². The average Bonchev–Trinajstić information content (AvgIpc) is 3.70. The lowest BCUT2D eigenvalue weighted by atomic mass is 9.92. The SMILES string of the molecule is CCCCCN1C(=O)C(C)(COCC2CO2)Oc2cc(C(F)(F)F)c(C(=O)N(C(C)C)C3CCCCC3)cc21. The van der Waals surface area contributed by atoms with Crippen LogP contribution in [0.15, 0.2) is 12.1 Å². The fourth-order valence-electron chi connectivity index (χ4n) is 5.66. The number of hydrogen-bond donors (Lipinski definition) is 0. The number of halogens is 3. The van der Waals surface area contributed by atoms with Crippen LogP contribution >= 0.6 is 0 Å². The van der Waals surface area contributed by atoms with Gasteiger partial charge in [0, 0.05) is 18.6 Å². The van der Waals surface area contributed by atoms with Gasteiger partial charge < -0.3 is 24.0 Å². The van der Waals surface area contributed by atoms with E-state index in [1.165, 1.54) is 17.9 Å². The topological polar surface area (TPSA) is 71.6 Å². The summed E-state index contributed by atoms with van der Waals surface area (Å²) in [6.07, 6.45) is 2.09. The van der Waals surface area contributed by atoms with Gasteiger partial charge in [0.1, 0.15) is 11.9 Å². The van der Waals surface area contributed by atoms with Gasteiger partial charge in [0.15, 0.2) is 0 Å². The molecule has 1 aromatic carbocycles. The van der Waals surface area contributed by atoms with Gasteiger partial charge in [-0.05, 0) is 52.2 Å². The summed E-state index contributed by atoms with van der Waals surface area (Å²) in [7, 11) is 0. The second kappa shape index (κ2) is 12.0. The monoisotopic (exact) mass is 554 g/mol. The normalized spacial score (nSPS) is 23.5. The number of hydrogen-bond acceptors (Lipinski definition) is 5. The maximum atomic E-state index is 14.5. The van der Waals surface area contributed by atoms with E-state index in [9.17, 15) is 22.8 Å². The molecule has 10 heteroatoms. The third kappa shape index (κ3) is 6.70. The Hall–Kier alpha value is -2.33. The van der Waals surface area contributed by atoms with Crippen LogP contribution in [-0.4, -0.2) is 66.9 Å². The molecule has 39 heavy (non-hydrogen) atoms. The minimum Gasteiger partial charge on any atom is -0.473 e. The van der Waals surface area contributed by atoms with Crippen molar-refractivity contribution < 1.29 is 37.0 Å². The summed E-state index contributed by atoms with van der Waals surface area (Å²) in [6, 6.07) is 1.73. The Labute approximate surface area is 228 Å². The molecule has 2 heterocycles. The quantitative estimate of drug-likeness (QED) is 0.249. The molecule has 1 aliphatic carbocycles. The molecular formula is C29H41F3N2O5. The van der Waals surface area contributed by atoms with Crippen LogP contribution < -0.4 is 9.64 Å². The third-order valence-corrected chi connectivity index (χ3v) is 7.79. The van der Waals surface area contributed by atoms with Crippen molar-refractivity contribution in [2.24, 2.45) is 0 Å². The predicted octanol–water partition coefficient (Wildman–Crippen LogP) is 5.98. The third-order valence-electron chi connectivity index (χ3n) is 7.79. The highest BCUT2D eigenvalue weighted by molar-refractivity contribution is 6.05. The van der Waals surface area contributed by atoms with Crippen molar-refractivity contribution in [3.63, 3.8) is 0 Å². The van der Waals surface area contributed by atoms with Gasteiger partial charge in [0.05, 0.1) is 36.6 Å². The summed E-state index contributed by atoms with van der Waals surface area (Å²) < 4.78 is 60.2. The number of epoxide rings is 1. The van der Waals surface area contributed by atoms with E-state index in [0.29, 0.717) is 19.6 Å². The van der Waals surface area contributed by atoms with Crippen LogP contribution in [0.4, 0.5) is 18.9 Å². The molecule has 0 N–H and O–H groups in total. The Morgan fingerprint density at radius 2 is 1.90 bits per heavy atom. The fourth-order valence-corrected chi connectivity index (χ4v) is 5.66. The first-order valence-electron chi connectivity index (χ1n) is 14.2. The van der Waals surface area contributed by atoms with E-state index in [1.54, 1.807) is 4.90 Å². The molecule has 0 aromatic heterocycles. The number of anilines is 1. The Bertz CT molecular complexity index is 1040. The van der Waals surface area contributed by atoms with Gasteiger partial charge in [-0.2, -0.15) is 13.2 Å². The molecule has 0 bridgehead atoms. The Balaban J connectivity index is 1.75. The van der Waals surface area contributed by atoms with E-state index in [4.69, 9.17) is 14.2 Å². The summed E-state index contributed by atoms with van der Waals surface area (Å²) in [5.74, 6) is -1.12. The molecular weight excluding hydrogens is 513 g/mol. The number of ether oxygens (including phenoxy) is 3. The summed E-state index contributed by atoms with van der Waals surface area (Å²) in [5.41, 5.74) is -2.80. The number of fused-ring (bicyclic) bond motifs is 1. The van der Waals surface area contributed by atoms with Crippen LogP contribution in [-0.2, 0) is 20.4 Å². The molecule has 1 saturated heterocycles. The van der Waals surface area contributed by atoms with E-state index in [1.807, 2.05) is 20.8 Å². The number of rotatable bonds is 11. The minimum atomic E-state index is -4.79. The standard InChI is InChI=1S/C29H41F3N2O5/c1-5-6-10-13-33-24-14-22(26(35)34(19(2)3)20-11-8-7-9-12-20)23(29(30,31)32)15-25(24)39-28(4,27(33)36)18-37-16-21-17-38-21/h14-15,19-21H,5-13,16-18H2,1-4H3. The maximum Gasteiger partial charge on any atom is 0.417 e. The molecule has 7 nitrogen and oxygen atoms in total. The molecule has 2 unspecified atom stereocenters. The van der Waals surface area contributed by atoms with E-state index in [0.717, 1.165) is 51.0 Å². The number of unbranched alkanes of at least 4 members (excludes halogenated alkanes) is 2. The van der Waals surface area contributed by atoms with E-state index in [2.05, 4.69) is 0 Å². The van der Waals surface area contributed by atoms with Crippen LogP contribution in [0.5, 0.6) is 5.75 Å². The summed E-state index contributed by atoms with van der Waals surface area (Å²) in [4.78, 5) is 30.7. The first-order valence-corrected chi connectivity index (χ1v) is 14.2. The molecule has 0 spiro atoms. The smallest absolute Gasteiger partial charge is 0.417 e. The van der Waals surface area contributed by atoms with Crippen molar-refractivity contribution in [2.45, 2.75) is 109 Å². The zero-order valence-electron chi connectivity index (χ0n) is 23.4. The zero-order chi connectivity index (χ0) is 28.4. The number of carbonyl (C=O) groups excluding carboxylic acids is 2. The van der Waals surface area contributed by atoms with Gasteiger partial charge >= 0.3 is 6.18 Å². The lowest BCUT2D eigenvalue weighted by Crippen LogP contribution is -2.57. The summed E-state index contributed by atoms with van der Waals surface area (Å²) >= 11 is 0. The molecule has 3 aliphatic rings. The number of nitrogens with zero attached hydrogens (tertiary/aromatic N) is 2. The van der Waals surface area contributed by atoms with Crippen molar-refractivity contribution in [3.8, 4) is 5.75 Å². The average molecular weight is 555 g/mol. The van der Waals surface area contributed by atoms with E-state index >= 15 is 0 Å². The number of alkyl halides is 3. The highest BCUT2D eigenvalue weighted by Gasteiger charge is 2.48. The molecule has 4 rings (SSSR count). The molecule has 0 radical (unpaired) electrons. The maximum absolute atomic E-state index is 14.5. The first kappa shape index (κ1) is 29.6. The van der Waals surface area contributed by atoms with Crippen molar-refractivity contribution in [2.75, 3.05) is 31.3 Å². The van der Waals surface area contributed by atoms with Crippen LogP contribution in [0.1, 0.15) is 95.0 Å². The predicted molar refractivity (Wildman–Crippen MR) is 141 cm³/mol. The van der Waals surface area contributed by atoms with Gasteiger partial charge in [-0.25, -0.2) is 0 Å². The Morgan fingerprint density at radius 1 is 1.21 bits per heavy atom. The summed E-state index contributed by atoms with van der Waals surface area (Å²) in [5, 5.41) is 0. The van der Waals surface area contributed by atoms with Crippen molar-refractivity contribution >= 4 is 17.5 Å². The van der Waals surface area contributed by atoms with E-state index < -0.39 is 34.7 Å². The molecule has 1 aromatic rings. The van der Waals surface area contributed by atoms with Gasteiger partial charge in [-0.15, -0.1) is 0 Å². The van der Waals surface area contributed by atoms with E-state index in [-0.39, 0.29) is 42.8 Å². The van der Waals surface area contributed by atoms with Crippen molar-refractivity contribution in [3.05, 3.63) is 23.3 Å². The second-order valence-electron chi connectivity index (χ2n) is 11.4. The van der Waals surface area contributed by atoms with Crippen LogP contribution in [0, 0.1) is 0 Å². The minimum absolute atomic E-state index is 0.0290. The van der Waals surface area contributed by atoms with Crippen LogP contribution in [0.3, 0.4) is 0 Å². The summed E-state index contributed by atoms with van der Waals surface area (Å²) in [6.45, 7) is 8.28. The molecule has 2 atom stereocenters. The molecule has 2 fully saturated rings. The Kier molecular flexibility index (Phi) is 9.15. The molecule has 2 aliphatic heterocycles. The lowest BCUT2D eigenvalue weighted by molar-refractivity contribution is -0.140. The lowest BCUT2D eigenvalue weighted by Gasteiger charge is -2.42. The fraction of sp³-hybridized carbons (Fsp3) is 0.724. The molecule has 2 amide bonds. The number of benzene rings is 1. The second-order valence-corrected chi connectivity index (χ2v) is 11.4.